The molecule has 6 nitrogen and oxygen atoms in total. The first-order valence-corrected chi connectivity index (χ1v) is 9.43. The van der Waals surface area contributed by atoms with E-state index in [0.29, 0.717) is 5.69 Å². The zero-order valence-corrected chi connectivity index (χ0v) is 17.3. The van der Waals surface area contributed by atoms with Crippen molar-refractivity contribution in [2.75, 3.05) is 31.8 Å². The molecule has 1 amide bonds. The molecule has 1 N–H and O–H groups in total. The number of esters is 1. The number of fused-ring (bicyclic) bond motifs is 1. The van der Waals surface area contributed by atoms with Gasteiger partial charge >= 0.3 is 5.97 Å². The molecule has 0 unspecified atom stereocenters. The van der Waals surface area contributed by atoms with Gasteiger partial charge in [0.05, 0.1) is 23.4 Å². The Balaban J connectivity index is 2.16. The molecule has 0 fully saturated rings. The topological polar surface area (TPSA) is 70.1 Å². The van der Waals surface area contributed by atoms with Crippen molar-refractivity contribution in [3.05, 3.63) is 56.2 Å². The highest BCUT2D eigenvalue weighted by molar-refractivity contribution is 14.1. The van der Waals surface area contributed by atoms with Crippen LogP contribution in [0.15, 0.2) is 24.3 Å². The van der Waals surface area contributed by atoms with E-state index in [2.05, 4.69) is 22.6 Å². The first-order valence-electron chi connectivity index (χ1n) is 8.35. The van der Waals surface area contributed by atoms with Gasteiger partial charge < -0.3 is 19.6 Å². The summed E-state index contributed by atoms with van der Waals surface area (Å²) in [7, 11) is 1.34. The highest BCUT2D eigenvalue weighted by atomic mass is 127. The third-order valence-corrected chi connectivity index (χ3v) is 5.13. The van der Waals surface area contributed by atoms with Gasteiger partial charge in [0.25, 0.3) is 5.91 Å². The first-order chi connectivity index (χ1) is 13.3. The molecule has 0 atom stereocenters. The van der Waals surface area contributed by atoms with Crippen LogP contribution >= 0.6 is 22.6 Å². The van der Waals surface area contributed by atoms with Gasteiger partial charge in [-0.3, -0.25) is 4.79 Å². The second-order valence-electron chi connectivity index (χ2n) is 6.32. The van der Waals surface area contributed by atoms with E-state index >= 15 is 4.39 Å². The van der Waals surface area contributed by atoms with Gasteiger partial charge in [0.15, 0.2) is 18.4 Å². The van der Waals surface area contributed by atoms with E-state index in [0.717, 1.165) is 20.1 Å². The molecule has 9 heteroatoms. The molecule has 2 aromatic rings. The van der Waals surface area contributed by atoms with E-state index in [1.165, 1.54) is 11.9 Å². The lowest BCUT2D eigenvalue weighted by Crippen LogP contribution is -2.34. The zero-order chi connectivity index (χ0) is 20.6. The van der Waals surface area contributed by atoms with Crippen molar-refractivity contribution in [1.82, 2.24) is 4.90 Å². The van der Waals surface area contributed by atoms with Gasteiger partial charge in [-0.05, 0) is 59.3 Å². The largest absolute Gasteiger partial charge is 0.440 e. The van der Waals surface area contributed by atoms with Crippen molar-refractivity contribution >= 4 is 45.8 Å². The fourth-order valence-electron chi connectivity index (χ4n) is 3.03. The fourth-order valence-corrected chi connectivity index (χ4v) is 3.67. The Morgan fingerprint density at radius 1 is 1.32 bits per heavy atom. The minimum atomic E-state index is -1.35. The van der Waals surface area contributed by atoms with Crippen LogP contribution in [0.1, 0.15) is 26.3 Å². The van der Waals surface area contributed by atoms with Crippen molar-refractivity contribution in [2.24, 2.45) is 0 Å². The highest BCUT2D eigenvalue weighted by Crippen LogP contribution is 2.38. The molecule has 0 spiro atoms. The molecule has 28 heavy (non-hydrogen) atoms. The van der Waals surface area contributed by atoms with Crippen molar-refractivity contribution in [3.8, 4) is 0 Å². The van der Waals surface area contributed by atoms with Crippen LogP contribution in [0.25, 0.3) is 0 Å². The number of aliphatic hydroxyl groups is 1. The van der Waals surface area contributed by atoms with Crippen molar-refractivity contribution in [2.45, 2.75) is 6.92 Å². The Morgan fingerprint density at radius 3 is 2.68 bits per heavy atom. The SMILES string of the molecule is Cc1cc(I)ccc1N1COC(=O)c2cc(C(=O)N(C)CCO)c(F)c(F)c21. The average molecular weight is 502 g/mol. The number of cyclic esters (lactones) is 1. The monoisotopic (exact) mass is 502 g/mol. The number of likely N-dealkylation sites (N-methyl/N-ethyl adjacent to an activating group) is 1. The van der Waals surface area contributed by atoms with Crippen LogP contribution in [-0.2, 0) is 4.74 Å². The summed E-state index contributed by atoms with van der Waals surface area (Å²) in [6.07, 6.45) is 0. The normalized spacial score (nSPS) is 13.2. The van der Waals surface area contributed by atoms with E-state index in [4.69, 9.17) is 9.84 Å². The molecule has 0 bridgehead atoms. The van der Waals surface area contributed by atoms with E-state index in [1.807, 2.05) is 13.0 Å². The lowest BCUT2D eigenvalue weighted by atomic mass is 10.0. The zero-order valence-electron chi connectivity index (χ0n) is 15.1. The number of halogens is 3. The van der Waals surface area contributed by atoms with Gasteiger partial charge in [-0.1, -0.05) is 0 Å². The third kappa shape index (κ3) is 3.55. The molecule has 0 saturated heterocycles. The van der Waals surface area contributed by atoms with Crippen LogP contribution in [0.2, 0.25) is 0 Å². The molecule has 1 heterocycles. The molecule has 3 rings (SSSR count). The molecule has 0 aliphatic carbocycles. The number of hydrogen-bond donors (Lipinski definition) is 1. The molecule has 2 aromatic carbocycles. The molecule has 0 aromatic heterocycles. The number of benzene rings is 2. The van der Waals surface area contributed by atoms with Crippen LogP contribution in [-0.4, -0.2) is 48.8 Å². The number of hydrogen-bond acceptors (Lipinski definition) is 5. The van der Waals surface area contributed by atoms with Crippen LogP contribution in [0.3, 0.4) is 0 Å². The number of aliphatic hydroxyl groups excluding tert-OH is 1. The van der Waals surface area contributed by atoms with Crippen LogP contribution in [0, 0.1) is 22.1 Å². The average Bonchev–Trinajstić information content (AvgIpc) is 2.65. The maximum absolute atomic E-state index is 15.0. The maximum Gasteiger partial charge on any atom is 0.342 e. The number of rotatable bonds is 4. The Kier molecular flexibility index (Phi) is 5.84. The third-order valence-electron chi connectivity index (χ3n) is 4.46. The number of anilines is 2. The Bertz CT molecular complexity index is 967. The fraction of sp³-hybridized carbons (Fsp3) is 0.263. The summed E-state index contributed by atoms with van der Waals surface area (Å²) >= 11 is 2.13. The molecule has 1 aliphatic rings. The Morgan fingerprint density at radius 2 is 2.04 bits per heavy atom. The number of aryl methyl sites for hydroxylation is 1. The van der Waals surface area contributed by atoms with Crippen LogP contribution in [0.4, 0.5) is 20.2 Å². The summed E-state index contributed by atoms with van der Waals surface area (Å²) < 4.78 is 35.9. The van der Waals surface area contributed by atoms with Crippen LogP contribution in [0.5, 0.6) is 0 Å². The smallest absolute Gasteiger partial charge is 0.342 e. The Hall–Kier alpha value is -2.27. The quantitative estimate of drug-likeness (QED) is 0.514. The summed E-state index contributed by atoms with van der Waals surface area (Å²) in [6, 6.07) is 6.39. The van der Waals surface area contributed by atoms with E-state index in [1.54, 1.807) is 12.1 Å². The van der Waals surface area contributed by atoms with Gasteiger partial charge in [-0.25, -0.2) is 13.6 Å². The maximum atomic E-state index is 15.0. The van der Waals surface area contributed by atoms with Gasteiger partial charge in [-0.15, -0.1) is 0 Å². The van der Waals surface area contributed by atoms with E-state index in [9.17, 15) is 14.0 Å². The summed E-state index contributed by atoms with van der Waals surface area (Å²) in [6.45, 7) is 1.14. The number of ether oxygens (including phenoxy) is 1. The van der Waals surface area contributed by atoms with Crippen LogP contribution < -0.4 is 4.90 Å². The summed E-state index contributed by atoms with van der Waals surface area (Å²) in [4.78, 5) is 27.0. The highest BCUT2D eigenvalue weighted by Gasteiger charge is 2.34. The van der Waals surface area contributed by atoms with E-state index < -0.39 is 29.1 Å². The summed E-state index contributed by atoms with van der Waals surface area (Å²) in [5.74, 6) is -4.33. The molecule has 148 valence electrons. The molecule has 0 radical (unpaired) electrons. The lowest BCUT2D eigenvalue weighted by Gasteiger charge is -2.32. The number of nitrogens with zero attached hydrogens (tertiary/aromatic N) is 2. The first kappa shape index (κ1) is 20.5. The number of carbonyl (C=O) groups is 2. The minimum Gasteiger partial charge on any atom is -0.440 e. The van der Waals surface area contributed by atoms with Gasteiger partial charge in [-0.2, -0.15) is 0 Å². The molecular formula is C19H17F2IN2O4. The second kappa shape index (κ2) is 8.00. The van der Waals surface area contributed by atoms with Gasteiger partial charge in [0.2, 0.25) is 0 Å². The minimum absolute atomic E-state index is 0.0601. The molecule has 1 aliphatic heterocycles. The molecule has 0 saturated carbocycles. The summed E-state index contributed by atoms with van der Waals surface area (Å²) in [5, 5.41) is 8.95. The van der Waals surface area contributed by atoms with Crippen molar-refractivity contribution < 1.29 is 28.2 Å². The van der Waals surface area contributed by atoms with E-state index in [-0.39, 0.29) is 31.1 Å². The molecular weight excluding hydrogens is 485 g/mol. The predicted molar refractivity (Wildman–Crippen MR) is 107 cm³/mol. The Labute approximate surface area is 173 Å². The second-order valence-corrected chi connectivity index (χ2v) is 7.56. The predicted octanol–water partition coefficient (Wildman–Crippen LogP) is 3.21. The lowest BCUT2D eigenvalue weighted by molar-refractivity contribution is 0.0491. The number of amides is 1. The summed E-state index contributed by atoms with van der Waals surface area (Å²) in [5.41, 5.74) is 0.260. The number of carbonyl (C=O) groups excluding carboxylic acids is 2. The van der Waals surface area contributed by atoms with Gasteiger partial charge in [0.1, 0.15) is 0 Å². The van der Waals surface area contributed by atoms with Crippen molar-refractivity contribution in [3.63, 3.8) is 0 Å². The standard InChI is InChI=1S/C19H17F2IN2O4/c1-10-7-11(22)3-4-14(10)24-9-28-19(27)13-8-12(15(20)16(21)17(13)24)18(26)23(2)5-6-25/h3-4,7-8,25H,5-6,9H2,1-2H3. The van der Waals surface area contributed by atoms with Crippen molar-refractivity contribution in [1.29, 1.82) is 0 Å². The van der Waals surface area contributed by atoms with Gasteiger partial charge in [0, 0.05) is 22.8 Å².